The van der Waals surface area contributed by atoms with Gasteiger partial charge in [-0.3, -0.25) is 4.79 Å². The molecule has 0 saturated heterocycles. The van der Waals surface area contributed by atoms with Crippen LogP contribution in [0.4, 0.5) is 0 Å². The number of nitrogens with one attached hydrogen (secondary N) is 1. The number of carbonyl (C=O) groups is 1. The molecule has 98 valence electrons. The molecule has 0 fully saturated rings. The standard InChI is InChI=1S/C12H7BrCl2N2O2/c13-11-5-4-10(19-11)12(18)17-16-6-7-8(14)2-1-3-9(7)15/h1-6H,(H,17,18)/b16-6+. The van der Waals surface area contributed by atoms with Crippen LogP contribution in [0.25, 0.3) is 0 Å². The zero-order valence-electron chi connectivity index (χ0n) is 9.36. The largest absolute Gasteiger partial charge is 0.444 e. The van der Waals surface area contributed by atoms with Crippen molar-refractivity contribution < 1.29 is 9.21 Å². The molecule has 0 radical (unpaired) electrons. The van der Waals surface area contributed by atoms with Crippen molar-refractivity contribution in [2.75, 3.05) is 0 Å². The van der Waals surface area contributed by atoms with Crippen LogP contribution in [0, 0.1) is 0 Å². The first kappa shape index (κ1) is 14.1. The summed E-state index contributed by atoms with van der Waals surface area (Å²) in [5.74, 6) is -0.320. The van der Waals surface area contributed by atoms with E-state index in [4.69, 9.17) is 27.6 Å². The zero-order valence-corrected chi connectivity index (χ0v) is 12.5. The molecule has 0 aliphatic carbocycles. The second kappa shape index (κ2) is 6.23. The fourth-order valence-corrected chi connectivity index (χ4v) is 2.08. The van der Waals surface area contributed by atoms with Crippen molar-refractivity contribution in [3.05, 3.63) is 56.4 Å². The van der Waals surface area contributed by atoms with Gasteiger partial charge in [-0.1, -0.05) is 29.3 Å². The highest BCUT2D eigenvalue weighted by Crippen LogP contribution is 2.22. The van der Waals surface area contributed by atoms with Crippen LogP contribution in [0.2, 0.25) is 10.0 Å². The fourth-order valence-electron chi connectivity index (χ4n) is 1.28. The lowest BCUT2D eigenvalue weighted by molar-refractivity contribution is 0.0926. The summed E-state index contributed by atoms with van der Waals surface area (Å²) in [5, 5.41) is 4.68. The predicted molar refractivity (Wildman–Crippen MR) is 77.9 cm³/mol. The van der Waals surface area contributed by atoms with Gasteiger partial charge in [0, 0.05) is 5.56 Å². The van der Waals surface area contributed by atoms with Crippen LogP contribution >= 0.6 is 39.1 Å². The molecule has 1 aromatic heterocycles. The van der Waals surface area contributed by atoms with E-state index in [0.29, 0.717) is 20.3 Å². The van der Waals surface area contributed by atoms with Crippen LogP contribution in [0.5, 0.6) is 0 Å². The topological polar surface area (TPSA) is 54.6 Å². The predicted octanol–water partition coefficient (Wildman–Crippen LogP) is 4.11. The first-order chi connectivity index (χ1) is 9.08. The van der Waals surface area contributed by atoms with Crippen LogP contribution in [-0.4, -0.2) is 12.1 Å². The van der Waals surface area contributed by atoms with E-state index < -0.39 is 5.91 Å². The van der Waals surface area contributed by atoms with Crippen LogP contribution < -0.4 is 5.43 Å². The molecule has 2 rings (SSSR count). The van der Waals surface area contributed by atoms with E-state index in [1.807, 2.05) is 0 Å². The Morgan fingerprint density at radius 3 is 2.53 bits per heavy atom. The van der Waals surface area contributed by atoms with E-state index in [-0.39, 0.29) is 5.76 Å². The highest BCUT2D eigenvalue weighted by molar-refractivity contribution is 9.10. The van der Waals surface area contributed by atoms with Crippen molar-refractivity contribution >= 4 is 51.3 Å². The van der Waals surface area contributed by atoms with Gasteiger partial charge in [0.1, 0.15) is 0 Å². The number of hydrogen-bond donors (Lipinski definition) is 1. The van der Waals surface area contributed by atoms with Gasteiger partial charge in [0.2, 0.25) is 0 Å². The molecule has 1 aromatic carbocycles. The molecule has 0 aliphatic rings. The second-order valence-corrected chi connectivity index (χ2v) is 5.03. The molecule has 0 bridgehead atoms. The summed E-state index contributed by atoms with van der Waals surface area (Å²) < 4.78 is 5.54. The number of carbonyl (C=O) groups excluding carboxylic acids is 1. The Balaban J connectivity index is 2.06. The summed E-state index contributed by atoms with van der Waals surface area (Å²) in [5.41, 5.74) is 2.85. The number of hydrogen-bond acceptors (Lipinski definition) is 3. The van der Waals surface area contributed by atoms with E-state index in [2.05, 4.69) is 26.5 Å². The Morgan fingerprint density at radius 2 is 1.95 bits per heavy atom. The highest BCUT2D eigenvalue weighted by Gasteiger charge is 2.09. The third-order valence-corrected chi connectivity index (χ3v) is 3.24. The summed E-state index contributed by atoms with van der Waals surface area (Å²) in [4.78, 5) is 11.6. The van der Waals surface area contributed by atoms with Crippen LogP contribution in [0.1, 0.15) is 16.1 Å². The van der Waals surface area contributed by atoms with E-state index in [0.717, 1.165) is 0 Å². The lowest BCUT2D eigenvalue weighted by atomic mass is 10.2. The number of nitrogens with zero attached hydrogens (tertiary/aromatic N) is 1. The first-order valence-corrected chi connectivity index (χ1v) is 6.65. The Morgan fingerprint density at radius 1 is 1.26 bits per heavy atom. The Labute approximate surface area is 127 Å². The molecule has 0 aliphatic heterocycles. The van der Waals surface area contributed by atoms with Crippen molar-refractivity contribution in [3.63, 3.8) is 0 Å². The average Bonchev–Trinajstić information content (AvgIpc) is 2.79. The van der Waals surface area contributed by atoms with E-state index in [1.54, 1.807) is 24.3 Å². The number of furan rings is 1. The zero-order chi connectivity index (χ0) is 13.8. The van der Waals surface area contributed by atoms with Crippen molar-refractivity contribution in [1.82, 2.24) is 5.43 Å². The lowest BCUT2D eigenvalue weighted by Crippen LogP contribution is -2.16. The maximum atomic E-state index is 11.6. The summed E-state index contributed by atoms with van der Waals surface area (Å²) >= 11 is 15.0. The third kappa shape index (κ3) is 3.59. The molecular formula is C12H7BrCl2N2O2. The van der Waals surface area contributed by atoms with Gasteiger partial charge in [0.15, 0.2) is 10.4 Å². The average molecular weight is 362 g/mol. The monoisotopic (exact) mass is 360 g/mol. The maximum Gasteiger partial charge on any atom is 0.307 e. The SMILES string of the molecule is O=C(N/N=C/c1c(Cl)cccc1Cl)c1ccc(Br)o1. The van der Waals surface area contributed by atoms with E-state index in [1.165, 1.54) is 12.3 Å². The fraction of sp³-hybridized carbons (Fsp3) is 0. The maximum absolute atomic E-state index is 11.6. The van der Waals surface area contributed by atoms with Gasteiger partial charge in [-0.15, -0.1) is 0 Å². The summed E-state index contributed by atoms with van der Waals surface area (Å²) in [7, 11) is 0. The Kier molecular flexibility index (Phi) is 4.63. The molecule has 0 atom stereocenters. The highest BCUT2D eigenvalue weighted by atomic mass is 79.9. The third-order valence-electron chi connectivity index (χ3n) is 2.16. The van der Waals surface area contributed by atoms with Gasteiger partial charge in [0.25, 0.3) is 0 Å². The molecular weight excluding hydrogens is 355 g/mol. The number of hydrazone groups is 1. The van der Waals surface area contributed by atoms with Gasteiger partial charge in [-0.25, -0.2) is 5.43 Å². The van der Waals surface area contributed by atoms with Crippen LogP contribution in [0.3, 0.4) is 0 Å². The number of benzene rings is 1. The smallest absolute Gasteiger partial charge is 0.307 e. The summed E-state index contributed by atoms with van der Waals surface area (Å²) in [6.07, 6.45) is 1.38. The molecule has 0 unspecified atom stereocenters. The molecule has 4 nitrogen and oxygen atoms in total. The van der Waals surface area contributed by atoms with Gasteiger partial charge in [0.05, 0.1) is 16.3 Å². The minimum Gasteiger partial charge on any atom is -0.444 e. The molecule has 1 heterocycles. The van der Waals surface area contributed by atoms with E-state index >= 15 is 0 Å². The van der Waals surface area contributed by atoms with Crippen molar-refractivity contribution in [2.24, 2.45) is 5.10 Å². The van der Waals surface area contributed by atoms with E-state index in [9.17, 15) is 4.79 Å². The molecule has 0 saturated carbocycles. The Bertz CT molecular complexity index is 620. The molecule has 1 amide bonds. The number of rotatable bonds is 3. The van der Waals surface area contributed by atoms with Crippen molar-refractivity contribution in [3.8, 4) is 0 Å². The first-order valence-electron chi connectivity index (χ1n) is 5.10. The molecule has 19 heavy (non-hydrogen) atoms. The van der Waals surface area contributed by atoms with Gasteiger partial charge in [-0.05, 0) is 40.2 Å². The van der Waals surface area contributed by atoms with Gasteiger partial charge < -0.3 is 4.42 Å². The van der Waals surface area contributed by atoms with Crippen LogP contribution in [0.15, 0.2) is 44.5 Å². The number of halogens is 3. The molecule has 7 heteroatoms. The Hall–Kier alpha value is -1.30. The minimum atomic E-state index is -0.467. The number of amides is 1. The normalized spacial score (nSPS) is 10.9. The summed E-state index contributed by atoms with van der Waals surface area (Å²) in [6, 6.07) is 8.22. The van der Waals surface area contributed by atoms with Gasteiger partial charge in [-0.2, -0.15) is 5.10 Å². The van der Waals surface area contributed by atoms with Crippen molar-refractivity contribution in [1.29, 1.82) is 0 Å². The lowest BCUT2D eigenvalue weighted by Gasteiger charge is -2.00. The quantitative estimate of drug-likeness (QED) is 0.660. The van der Waals surface area contributed by atoms with Crippen LogP contribution in [-0.2, 0) is 0 Å². The summed E-state index contributed by atoms with van der Waals surface area (Å²) in [6.45, 7) is 0. The molecule has 0 spiro atoms. The van der Waals surface area contributed by atoms with Crippen molar-refractivity contribution in [2.45, 2.75) is 0 Å². The minimum absolute atomic E-state index is 0.147. The molecule has 1 N–H and O–H groups in total. The molecule has 2 aromatic rings. The van der Waals surface area contributed by atoms with Gasteiger partial charge >= 0.3 is 5.91 Å². The second-order valence-electron chi connectivity index (χ2n) is 3.44.